The molecule has 2 N–H and O–H groups in total. The van der Waals surface area contributed by atoms with Gasteiger partial charge in [0.15, 0.2) is 0 Å². The second-order valence-electron chi connectivity index (χ2n) is 4.95. The van der Waals surface area contributed by atoms with Gasteiger partial charge in [0.25, 0.3) is 5.91 Å². The van der Waals surface area contributed by atoms with Gasteiger partial charge in [-0.05, 0) is 54.1 Å². The van der Waals surface area contributed by atoms with Crippen LogP contribution < -0.4 is 15.5 Å². The van der Waals surface area contributed by atoms with Crippen LogP contribution in [0.25, 0.3) is 0 Å². The molecule has 0 aliphatic rings. The van der Waals surface area contributed by atoms with Crippen molar-refractivity contribution in [1.29, 1.82) is 0 Å². The molecule has 0 saturated carbocycles. The lowest BCUT2D eigenvalue weighted by Gasteiger charge is -2.04. The minimum atomic E-state index is -0.326. The summed E-state index contributed by atoms with van der Waals surface area (Å²) in [5.41, 5.74) is 4.41. The van der Waals surface area contributed by atoms with Crippen molar-refractivity contribution in [2.45, 2.75) is 13.3 Å². The molecule has 2 aromatic rings. The van der Waals surface area contributed by atoms with Gasteiger partial charge >= 0.3 is 0 Å². The van der Waals surface area contributed by atoms with Crippen molar-refractivity contribution in [2.75, 3.05) is 12.4 Å². The van der Waals surface area contributed by atoms with E-state index in [1.165, 1.54) is 0 Å². The van der Waals surface area contributed by atoms with Gasteiger partial charge in [-0.15, -0.1) is 0 Å². The molecule has 0 fully saturated rings. The third-order valence-corrected chi connectivity index (χ3v) is 3.25. The normalized spacial score (nSPS) is 10.4. The van der Waals surface area contributed by atoms with Crippen molar-refractivity contribution in [2.24, 2.45) is 5.10 Å². The highest BCUT2D eigenvalue weighted by atomic mass is 16.5. The first-order chi connectivity index (χ1) is 11.6. The number of carbonyl (C=O) groups is 2. The first kappa shape index (κ1) is 17.2. The minimum Gasteiger partial charge on any atom is -0.497 e. The summed E-state index contributed by atoms with van der Waals surface area (Å²) in [6.07, 6.45) is 1.95. The molecule has 2 amide bonds. The maximum absolute atomic E-state index is 12.0. The average molecular weight is 325 g/mol. The number of hydrogen-bond donors (Lipinski definition) is 2. The van der Waals surface area contributed by atoms with E-state index in [1.807, 2.05) is 24.3 Å². The number of amides is 2. The molecule has 0 saturated heterocycles. The maximum atomic E-state index is 12.0. The van der Waals surface area contributed by atoms with Crippen molar-refractivity contribution in [3.05, 3.63) is 59.7 Å². The lowest BCUT2D eigenvalue weighted by Crippen LogP contribution is -2.17. The van der Waals surface area contributed by atoms with Gasteiger partial charge in [-0.3, -0.25) is 9.59 Å². The lowest BCUT2D eigenvalue weighted by molar-refractivity contribution is -0.115. The van der Waals surface area contributed by atoms with Crippen LogP contribution in [0.2, 0.25) is 0 Å². The molecule has 0 bridgehead atoms. The van der Waals surface area contributed by atoms with Gasteiger partial charge in [-0.2, -0.15) is 5.10 Å². The SMILES string of the molecule is CCC(=O)Nc1ccc(C(=O)N/N=C/c2ccc(OC)cc2)cc1. The smallest absolute Gasteiger partial charge is 0.271 e. The molecule has 0 aromatic heterocycles. The summed E-state index contributed by atoms with van der Waals surface area (Å²) in [7, 11) is 1.60. The van der Waals surface area contributed by atoms with Crippen molar-refractivity contribution in [3.8, 4) is 5.75 Å². The van der Waals surface area contributed by atoms with Crippen LogP contribution in [-0.2, 0) is 4.79 Å². The van der Waals surface area contributed by atoms with Crippen LogP contribution in [0.4, 0.5) is 5.69 Å². The van der Waals surface area contributed by atoms with Gasteiger partial charge in [-0.1, -0.05) is 6.92 Å². The Balaban J connectivity index is 1.91. The van der Waals surface area contributed by atoms with Crippen molar-refractivity contribution >= 4 is 23.7 Å². The monoisotopic (exact) mass is 325 g/mol. The lowest BCUT2D eigenvalue weighted by atomic mass is 10.2. The Morgan fingerprint density at radius 1 is 1.08 bits per heavy atom. The molecule has 2 rings (SSSR count). The summed E-state index contributed by atoms with van der Waals surface area (Å²) in [6, 6.07) is 13.9. The molecular weight excluding hydrogens is 306 g/mol. The molecular formula is C18H19N3O3. The zero-order valence-corrected chi connectivity index (χ0v) is 13.6. The molecule has 0 spiro atoms. The number of nitrogens with one attached hydrogen (secondary N) is 2. The number of carbonyl (C=O) groups excluding carboxylic acids is 2. The summed E-state index contributed by atoms with van der Waals surface area (Å²) in [5.74, 6) is 0.357. The zero-order valence-electron chi connectivity index (χ0n) is 13.6. The van der Waals surface area contributed by atoms with Crippen molar-refractivity contribution < 1.29 is 14.3 Å². The molecule has 124 valence electrons. The first-order valence-electron chi connectivity index (χ1n) is 7.49. The summed E-state index contributed by atoms with van der Waals surface area (Å²) < 4.78 is 5.07. The number of hydrogen-bond acceptors (Lipinski definition) is 4. The third kappa shape index (κ3) is 4.95. The van der Waals surface area contributed by atoms with E-state index >= 15 is 0 Å². The Kier molecular flexibility index (Phi) is 6.08. The summed E-state index contributed by atoms with van der Waals surface area (Å²) in [6.45, 7) is 1.78. The predicted octanol–water partition coefficient (Wildman–Crippen LogP) is 2.81. The highest BCUT2D eigenvalue weighted by molar-refractivity contribution is 5.96. The van der Waals surface area contributed by atoms with Crippen LogP contribution in [0.5, 0.6) is 5.75 Å². The van der Waals surface area contributed by atoms with E-state index in [2.05, 4.69) is 15.8 Å². The number of methoxy groups -OCH3 is 1. The molecule has 0 unspecified atom stereocenters. The fourth-order valence-electron chi connectivity index (χ4n) is 1.87. The van der Waals surface area contributed by atoms with Crippen LogP contribution >= 0.6 is 0 Å². The van der Waals surface area contributed by atoms with E-state index in [4.69, 9.17) is 4.74 Å². The average Bonchev–Trinajstić information content (AvgIpc) is 2.62. The van der Waals surface area contributed by atoms with E-state index < -0.39 is 0 Å². The standard InChI is InChI=1S/C18H19N3O3/c1-3-17(22)20-15-8-6-14(7-9-15)18(23)21-19-12-13-4-10-16(24-2)11-5-13/h4-12H,3H2,1-2H3,(H,20,22)(H,21,23)/b19-12+. The number of anilines is 1. The van der Waals surface area contributed by atoms with Gasteiger partial charge in [0, 0.05) is 17.7 Å². The Bertz CT molecular complexity index is 722. The second kappa shape index (κ2) is 8.47. The number of hydrazone groups is 1. The Morgan fingerprint density at radius 3 is 2.33 bits per heavy atom. The summed E-state index contributed by atoms with van der Waals surface area (Å²) in [4.78, 5) is 23.3. The largest absolute Gasteiger partial charge is 0.497 e. The van der Waals surface area contributed by atoms with E-state index in [9.17, 15) is 9.59 Å². The molecule has 0 radical (unpaired) electrons. The Hall–Kier alpha value is -3.15. The molecule has 2 aromatic carbocycles. The van der Waals surface area contributed by atoms with Crippen LogP contribution in [-0.4, -0.2) is 25.1 Å². The second-order valence-corrected chi connectivity index (χ2v) is 4.95. The fourth-order valence-corrected chi connectivity index (χ4v) is 1.87. The predicted molar refractivity (Wildman–Crippen MR) is 93.4 cm³/mol. The van der Waals surface area contributed by atoms with Crippen LogP contribution in [0.3, 0.4) is 0 Å². The third-order valence-electron chi connectivity index (χ3n) is 3.25. The molecule has 0 heterocycles. The molecule has 0 aliphatic carbocycles. The molecule has 6 heteroatoms. The van der Waals surface area contributed by atoms with Crippen LogP contribution in [0.15, 0.2) is 53.6 Å². The quantitative estimate of drug-likeness (QED) is 0.633. The van der Waals surface area contributed by atoms with Gasteiger partial charge < -0.3 is 10.1 Å². The van der Waals surface area contributed by atoms with Crippen molar-refractivity contribution in [1.82, 2.24) is 5.43 Å². The number of rotatable bonds is 6. The summed E-state index contributed by atoms with van der Waals surface area (Å²) >= 11 is 0. The van der Waals surface area contributed by atoms with E-state index in [1.54, 1.807) is 44.5 Å². The topological polar surface area (TPSA) is 79.8 Å². The Labute approximate surface area is 140 Å². The van der Waals surface area contributed by atoms with E-state index in [-0.39, 0.29) is 11.8 Å². The molecule has 24 heavy (non-hydrogen) atoms. The van der Waals surface area contributed by atoms with E-state index in [0.717, 1.165) is 11.3 Å². The van der Waals surface area contributed by atoms with E-state index in [0.29, 0.717) is 17.7 Å². The fraction of sp³-hybridized carbons (Fsp3) is 0.167. The highest BCUT2D eigenvalue weighted by Gasteiger charge is 2.05. The maximum Gasteiger partial charge on any atom is 0.271 e. The van der Waals surface area contributed by atoms with Gasteiger partial charge in [0.05, 0.1) is 13.3 Å². The van der Waals surface area contributed by atoms with Gasteiger partial charge in [0.2, 0.25) is 5.91 Å². The first-order valence-corrected chi connectivity index (χ1v) is 7.49. The number of benzene rings is 2. The molecule has 6 nitrogen and oxygen atoms in total. The van der Waals surface area contributed by atoms with Crippen LogP contribution in [0.1, 0.15) is 29.3 Å². The summed E-state index contributed by atoms with van der Waals surface area (Å²) in [5, 5.41) is 6.64. The van der Waals surface area contributed by atoms with Crippen LogP contribution in [0, 0.1) is 0 Å². The Morgan fingerprint density at radius 2 is 1.75 bits per heavy atom. The molecule has 0 aliphatic heterocycles. The molecule has 0 atom stereocenters. The zero-order chi connectivity index (χ0) is 17.4. The van der Waals surface area contributed by atoms with Crippen molar-refractivity contribution in [3.63, 3.8) is 0 Å². The van der Waals surface area contributed by atoms with Gasteiger partial charge in [-0.25, -0.2) is 5.43 Å². The van der Waals surface area contributed by atoms with Gasteiger partial charge in [0.1, 0.15) is 5.75 Å². The highest BCUT2D eigenvalue weighted by Crippen LogP contribution is 2.11. The number of nitrogens with zero attached hydrogens (tertiary/aromatic N) is 1. The number of ether oxygens (including phenoxy) is 1. The minimum absolute atomic E-state index is 0.0729.